The molecule has 2 atom stereocenters. The van der Waals surface area contributed by atoms with Gasteiger partial charge in [-0.2, -0.15) is 5.10 Å². The van der Waals surface area contributed by atoms with Gasteiger partial charge in [0.15, 0.2) is 0 Å². The molecule has 0 aliphatic heterocycles. The van der Waals surface area contributed by atoms with Crippen LogP contribution in [0.1, 0.15) is 25.7 Å². The number of carbonyl (C=O) groups is 1. The van der Waals surface area contributed by atoms with Crippen molar-refractivity contribution in [1.29, 1.82) is 0 Å². The number of aromatic nitrogens is 3. The van der Waals surface area contributed by atoms with Crippen LogP contribution in [0.4, 0.5) is 10.5 Å². The second-order valence-corrected chi connectivity index (χ2v) is 6.30. The molecular formula is C17H23N5O2. The molecule has 7 nitrogen and oxygen atoms in total. The highest BCUT2D eigenvalue weighted by Crippen LogP contribution is 2.26. The summed E-state index contributed by atoms with van der Waals surface area (Å²) in [5.74, 6) is 0.147. The highest BCUT2D eigenvalue weighted by molar-refractivity contribution is 5.92. The fourth-order valence-corrected chi connectivity index (χ4v) is 3.13. The SMILES string of the molecule is CN(CC1CCCCC1O)C(=O)Nc1cn[nH]c1-c1ccccn1. The first kappa shape index (κ1) is 16.4. The molecule has 1 saturated carbocycles. The lowest BCUT2D eigenvalue weighted by atomic mass is 9.86. The van der Waals surface area contributed by atoms with Gasteiger partial charge in [0.1, 0.15) is 5.69 Å². The van der Waals surface area contributed by atoms with E-state index in [1.807, 2.05) is 18.2 Å². The molecule has 0 saturated heterocycles. The minimum Gasteiger partial charge on any atom is -0.393 e. The first-order valence-electron chi connectivity index (χ1n) is 8.30. The maximum Gasteiger partial charge on any atom is 0.321 e. The second-order valence-electron chi connectivity index (χ2n) is 6.30. The summed E-state index contributed by atoms with van der Waals surface area (Å²) in [6, 6.07) is 5.35. The van der Waals surface area contributed by atoms with Crippen molar-refractivity contribution in [2.45, 2.75) is 31.8 Å². The number of urea groups is 1. The van der Waals surface area contributed by atoms with Gasteiger partial charge in [0.25, 0.3) is 0 Å². The Morgan fingerprint density at radius 2 is 2.25 bits per heavy atom. The summed E-state index contributed by atoms with van der Waals surface area (Å²) in [5.41, 5.74) is 1.99. The minimum atomic E-state index is -0.313. The number of anilines is 1. The molecule has 2 unspecified atom stereocenters. The quantitative estimate of drug-likeness (QED) is 0.803. The second kappa shape index (κ2) is 7.44. The van der Waals surface area contributed by atoms with Crippen LogP contribution < -0.4 is 5.32 Å². The molecule has 24 heavy (non-hydrogen) atoms. The molecular weight excluding hydrogens is 306 g/mol. The van der Waals surface area contributed by atoms with Crippen LogP contribution in [0.15, 0.2) is 30.6 Å². The zero-order chi connectivity index (χ0) is 16.9. The zero-order valence-corrected chi connectivity index (χ0v) is 13.8. The van der Waals surface area contributed by atoms with Gasteiger partial charge in [-0.15, -0.1) is 0 Å². The normalized spacial score (nSPS) is 20.6. The molecule has 0 radical (unpaired) electrons. The number of pyridine rings is 1. The van der Waals surface area contributed by atoms with Crippen LogP contribution in [0.25, 0.3) is 11.4 Å². The highest BCUT2D eigenvalue weighted by Gasteiger charge is 2.26. The Hall–Kier alpha value is -2.41. The number of aliphatic hydroxyl groups excluding tert-OH is 1. The molecule has 0 spiro atoms. The van der Waals surface area contributed by atoms with Crippen LogP contribution >= 0.6 is 0 Å². The summed E-state index contributed by atoms with van der Waals surface area (Å²) >= 11 is 0. The van der Waals surface area contributed by atoms with E-state index in [1.165, 1.54) is 0 Å². The van der Waals surface area contributed by atoms with Crippen molar-refractivity contribution in [2.75, 3.05) is 18.9 Å². The Kier molecular flexibility index (Phi) is 5.10. The molecule has 3 rings (SSSR count). The minimum absolute atomic E-state index is 0.147. The van der Waals surface area contributed by atoms with Gasteiger partial charge in [0.05, 0.1) is 23.7 Å². The van der Waals surface area contributed by atoms with Gasteiger partial charge in [-0.3, -0.25) is 10.1 Å². The van der Waals surface area contributed by atoms with E-state index in [0.29, 0.717) is 17.9 Å². The number of nitrogens with one attached hydrogen (secondary N) is 2. The number of rotatable bonds is 4. The van der Waals surface area contributed by atoms with Crippen molar-refractivity contribution >= 4 is 11.7 Å². The zero-order valence-electron chi connectivity index (χ0n) is 13.8. The molecule has 2 amide bonds. The summed E-state index contributed by atoms with van der Waals surface area (Å²) in [6.45, 7) is 0.545. The average molecular weight is 329 g/mol. The number of hydrogen-bond acceptors (Lipinski definition) is 4. The predicted octanol–water partition coefficient (Wildman–Crippen LogP) is 2.49. The van der Waals surface area contributed by atoms with Crippen LogP contribution in [-0.4, -0.2) is 50.9 Å². The lowest BCUT2D eigenvalue weighted by molar-refractivity contribution is 0.0575. The molecule has 0 aromatic carbocycles. The third-order valence-corrected chi connectivity index (χ3v) is 4.53. The molecule has 1 fully saturated rings. The number of amides is 2. The lowest BCUT2D eigenvalue weighted by Crippen LogP contribution is -2.40. The fourth-order valence-electron chi connectivity index (χ4n) is 3.13. The number of aliphatic hydroxyl groups is 1. The smallest absolute Gasteiger partial charge is 0.321 e. The summed E-state index contributed by atoms with van der Waals surface area (Å²) in [4.78, 5) is 18.3. The van der Waals surface area contributed by atoms with Crippen molar-refractivity contribution in [1.82, 2.24) is 20.1 Å². The first-order valence-corrected chi connectivity index (χ1v) is 8.30. The number of carbonyl (C=O) groups excluding carboxylic acids is 1. The van der Waals surface area contributed by atoms with Gasteiger partial charge in [-0.1, -0.05) is 18.9 Å². The van der Waals surface area contributed by atoms with E-state index < -0.39 is 0 Å². The van der Waals surface area contributed by atoms with Crippen LogP contribution in [-0.2, 0) is 0 Å². The van der Waals surface area contributed by atoms with Crippen molar-refractivity contribution in [2.24, 2.45) is 5.92 Å². The topological polar surface area (TPSA) is 94.1 Å². The Labute approximate surface area is 141 Å². The monoisotopic (exact) mass is 329 g/mol. The van der Waals surface area contributed by atoms with E-state index in [-0.39, 0.29) is 18.1 Å². The third kappa shape index (κ3) is 3.73. The molecule has 2 aromatic rings. The number of H-pyrrole nitrogens is 1. The molecule has 7 heteroatoms. The molecule has 0 bridgehead atoms. The Morgan fingerprint density at radius 3 is 3.00 bits per heavy atom. The summed E-state index contributed by atoms with van der Waals surface area (Å²) in [6.07, 6.45) is 6.92. The Balaban J connectivity index is 1.64. The van der Waals surface area contributed by atoms with Crippen LogP contribution in [0.2, 0.25) is 0 Å². The fraction of sp³-hybridized carbons (Fsp3) is 0.471. The predicted molar refractivity (Wildman–Crippen MR) is 91.4 cm³/mol. The molecule has 3 N–H and O–H groups in total. The first-order chi connectivity index (χ1) is 11.6. The van der Waals surface area contributed by atoms with E-state index in [1.54, 1.807) is 24.3 Å². The number of nitrogens with zero attached hydrogens (tertiary/aromatic N) is 3. The van der Waals surface area contributed by atoms with Crippen molar-refractivity contribution < 1.29 is 9.90 Å². The van der Waals surface area contributed by atoms with Crippen LogP contribution in [0.3, 0.4) is 0 Å². The Morgan fingerprint density at radius 1 is 1.42 bits per heavy atom. The van der Waals surface area contributed by atoms with Crippen molar-refractivity contribution in [3.63, 3.8) is 0 Å². The van der Waals surface area contributed by atoms with Crippen LogP contribution in [0, 0.1) is 5.92 Å². The van der Waals surface area contributed by atoms with Gasteiger partial charge in [-0.05, 0) is 25.0 Å². The van der Waals surface area contributed by atoms with Crippen molar-refractivity contribution in [3.05, 3.63) is 30.6 Å². The van der Waals surface area contributed by atoms with Gasteiger partial charge in [-0.25, -0.2) is 4.79 Å². The summed E-state index contributed by atoms with van der Waals surface area (Å²) in [7, 11) is 1.75. The molecule has 1 aliphatic rings. The largest absolute Gasteiger partial charge is 0.393 e. The Bertz CT molecular complexity index is 673. The van der Waals surface area contributed by atoms with E-state index >= 15 is 0 Å². The number of hydrogen-bond donors (Lipinski definition) is 3. The molecule has 2 heterocycles. The third-order valence-electron chi connectivity index (χ3n) is 4.53. The molecule has 1 aliphatic carbocycles. The van der Waals surface area contributed by atoms with Gasteiger partial charge in [0, 0.05) is 25.7 Å². The molecule has 128 valence electrons. The van der Waals surface area contributed by atoms with Crippen LogP contribution in [0.5, 0.6) is 0 Å². The van der Waals surface area contributed by atoms with E-state index in [4.69, 9.17) is 0 Å². The van der Waals surface area contributed by atoms with Crippen molar-refractivity contribution in [3.8, 4) is 11.4 Å². The van der Waals surface area contributed by atoms with E-state index in [9.17, 15) is 9.90 Å². The maximum absolute atomic E-state index is 12.4. The number of aromatic amines is 1. The summed E-state index contributed by atoms with van der Waals surface area (Å²) < 4.78 is 0. The van der Waals surface area contributed by atoms with Gasteiger partial charge < -0.3 is 15.3 Å². The average Bonchev–Trinajstić information content (AvgIpc) is 3.05. The van der Waals surface area contributed by atoms with Gasteiger partial charge >= 0.3 is 6.03 Å². The highest BCUT2D eigenvalue weighted by atomic mass is 16.3. The summed E-state index contributed by atoms with van der Waals surface area (Å²) in [5, 5.41) is 19.8. The maximum atomic E-state index is 12.4. The lowest BCUT2D eigenvalue weighted by Gasteiger charge is -2.31. The van der Waals surface area contributed by atoms with E-state index in [0.717, 1.165) is 31.4 Å². The van der Waals surface area contributed by atoms with Gasteiger partial charge in [0.2, 0.25) is 0 Å². The molecule has 2 aromatic heterocycles. The standard InChI is InChI=1S/C17H23N5O2/c1-22(11-12-6-2-3-8-15(12)23)17(24)20-14-10-19-21-16(14)13-7-4-5-9-18-13/h4-5,7,9-10,12,15,23H,2-3,6,8,11H2,1H3,(H,19,21)(H,20,24). The van der Waals surface area contributed by atoms with E-state index in [2.05, 4.69) is 20.5 Å².